The molecule has 0 aliphatic rings. The Kier molecular flexibility index (Phi) is 5.76. The van der Waals surface area contributed by atoms with Gasteiger partial charge in [-0.05, 0) is 30.3 Å². The van der Waals surface area contributed by atoms with Crippen LogP contribution in [0, 0.1) is 0 Å². The summed E-state index contributed by atoms with van der Waals surface area (Å²) in [6.07, 6.45) is 0. The van der Waals surface area contributed by atoms with Crippen molar-refractivity contribution >= 4 is 38.9 Å². The first-order chi connectivity index (χ1) is 11.8. The fraction of sp³-hybridized carbons (Fsp3) is 0.188. The highest BCUT2D eigenvalue weighted by atomic mass is 35.5. The maximum absolute atomic E-state index is 12.5. The number of benzene rings is 2. The van der Waals surface area contributed by atoms with Crippen LogP contribution in [0.2, 0.25) is 5.02 Å². The van der Waals surface area contributed by atoms with E-state index in [1.54, 1.807) is 6.07 Å². The van der Waals surface area contributed by atoms with Crippen LogP contribution in [0.3, 0.4) is 0 Å². The number of carbonyl (C=O) groups excluding carboxylic acids is 1. The van der Waals surface area contributed by atoms with E-state index in [1.807, 2.05) is 0 Å². The lowest BCUT2D eigenvalue weighted by Gasteiger charge is -2.13. The van der Waals surface area contributed by atoms with E-state index in [9.17, 15) is 13.2 Å². The van der Waals surface area contributed by atoms with Crippen molar-refractivity contribution in [3.8, 4) is 11.5 Å². The van der Waals surface area contributed by atoms with Gasteiger partial charge in [-0.1, -0.05) is 11.6 Å². The van der Waals surface area contributed by atoms with Gasteiger partial charge in [0.25, 0.3) is 10.0 Å². The standard InChI is InChI=1S/C16H17ClN2O5S/c1-10(20)18-11-4-6-14(13(17)8-11)19-25(21,22)12-5-7-15(23-2)16(9-12)24-3/h4-9,19H,1-3H3,(H,18,20). The summed E-state index contributed by atoms with van der Waals surface area (Å²) in [6.45, 7) is 1.36. The molecule has 0 aliphatic heterocycles. The molecule has 134 valence electrons. The minimum absolute atomic E-state index is 0.00726. The lowest BCUT2D eigenvalue weighted by atomic mass is 10.3. The van der Waals surface area contributed by atoms with Crippen molar-refractivity contribution < 1.29 is 22.7 Å². The summed E-state index contributed by atoms with van der Waals surface area (Å²) >= 11 is 6.09. The van der Waals surface area contributed by atoms with Gasteiger partial charge < -0.3 is 14.8 Å². The Hall–Kier alpha value is -2.45. The lowest BCUT2D eigenvalue weighted by molar-refractivity contribution is -0.114. The van der Waals surface area contributed by atoms with Crippen LogP contribution < -0.4 is 19.5 Å². The normalized spacial score (nSPS) is 10.9. The van der Waals surface area contributed by atoms with E-state index in [0.29, 0.717) is 11.4 Å². The largest absolute Gasteiger partial charge is 0.493 e. The topological polar surface area (TPSA) is 93.7 Å². The zero-order valence-electron chi connectivity index (χ0n) is 13.8. The molecule has 25 heavy (non-hydrogen) atoms. The Morgan fingerprint density at radius 1 is 1.04 bits per heavy atom. The maximum Gasteiger partial charge on any atom is 0.262 e. The first-order valence-electron chi connectivity index (χ1n) is 7.09. The summed E-state index contributed by atoms with van der Waals surface area (Å²) in [5.41, 5.74) is 0.650. The second-order valence-corrected chi connectivity index (χ2v) is 7.09. The van der Waals surface area contributed by atoms with Gasteiger partial charge in [-0.25, -0.2) is 8.42 Å². The van der Waals surface area contributed by atoms with E-state index in [0.717, 1.165) is 0 Å². The Bertz CT molecular complexity index is 899. The van der Waals surface area contributed by atoms with Crippen LogP contribution in [0.1, 0.15) is 6.92 Å². The van der Waals surface area contributed by atoms with Gasteiger partial charge in [0, 0.05) is 18.7 Å². The minimum Gasteiger partial charge on any atom is -0.493 e. The zero-order valence-corrected chi connectivity index (χ0v) is 15.4. The number of methoxy groups -OCH3 is 2. The molecule has 7 nitrogen and oxygen atoms in total. The smallest absolute Gasteiger partial charge is 0.262 e. The highest BCUT2D eigenvalue weighted by molar-refractivity contribution is 7.92. The SMILES string of the molecule is COc1ccc(S(=O)(=O)Nc2ccc(NC(C)=O)cc2Cl)cc1OC. The van der Waals surface area contributed by atoms with E-state index in [1.165, 1.54) is 51.5 Å². The van der Waals surface area contributed by atoms with Crippen LogP contribution in [-0.2, 0) is 14.8 Å². The zero-order chi connectivity index (χ0) is 18.6. The molecule has 2 N–H and O–H groups in total. The monoisotopic (exact) mass is 384 g/mol. The number of carbonyl (C=O) groups is 1. The molecule has 2 aromatic rings. The van der Waals surface area contributed by atoms with E-state index >= 15 is 0 Å². The molecule has 0 radical (unpaired) electrons. The molecule has 0 atom stereocenters. The Morgan fingerprint density at radius 3 is 2.28 bits per heavy atom. The number of halogens is 1. The van der Waals surface area contributed by atoms with Gasteiger partial charge in [0.1, 0.15) is 0 Å². The third-order valence-electron chi connectivity index (χ3n) is 3.20. The Balaban J connectivity index is 2.31. The summed E-state index contributed by atoms with van der Waals surface area (Å²) in [6, 6.07) is 8.69. The molecular formula is C16H17ClN2O5S. The van der Waals surface area contributed by atoms with E-state index in [-0.39, 0.29) is 27.3 Å². The second-order valence-electron chi connectivity index (χ2n) is 5.00. The molecule has 0 heterocycles. The molecule has 0 spiro atoms. The first kappa shape index (κ1) is 18.9. The molecule has 0 bridgehead atoms. The van der Waals surface area contributed by atoms with Gasteiger partial charge >= 0.3 is 0 Å². The van der Waals surface area contributed by atoms with Gasteiger partial charge in [0.05, 0.1) is 29.8 Å². The quantitative estimate of drug-likeness (QED) is 0.798. The number of ether oxygens (including phenoxy) is 2. The van der Waals surface area contributed by atoms with Gasteiger partial charge in [-0.15, -0.1) is 0 Å². The van der Waals surface area contributed by atoms with Crippen molar-refractivity contribution in [2.45, 2.75) is 11.8 Å². The highest BCUT2D eigenvalue weighted by Gasteiger charge is 2.18. The van der Waals surface area contributed by atoms with Gasteiger partial charge in [0.15, 0.2) is 11.5 Å². The van der Waals surface area contributed by atoms with Crippen molar-refractivity contribution in [3.63, 3.8) is 0 Å². The van der Waals surface area contributed by atoms with Crippen LogP contribution >= 0.6 is 11.6 Å². The number of rotatable bonds is 6. The van der Waals surface area contributed by atoms with Gasteiger partial charge in [0.2, 0.25) is 5.91 Å². The molecular weight excluding hydrogens is 368 g/mol. The molecule has 0 saturated heterocycles. The molecule has 0 aliphatic carbocycles. The van der Waals surface area contributed by atoms with Crippen molar-refractivity contribution in [3.05, 3.63) is 41.4 Å². The van der Waals surface area contributed by atoms with Crippen LogP contribution in [-0.4, -0.2) is 28.5 Å². The number of anilines is 2. The highest BCUT2D eigenvalue weighted by Crippen LogP contribution is 2.32. The fourth-order valence-electron chi connectivity index (χ4n) is 2.07. The minimum atomic E-state index is -3.89. The second kappa shape index (κ2) is 7.62. The molecule has 0 saturated carbocycles. The van der Waals surface area contributed by atoms with Crippen molar-refractivity contribution in [2.24, 2.45) is 0 Å². The molecule has 0 unspecified atom stereocenters. The predicted octanol–water partition coefficient (Wildman–Crippen LogP) is 3.12. The van der Waals surface area contributed by atoms with E-state index < -0.39 is 10.0 Å². The predicted molar refractivity (Wildman–Crippen MR) is 96.1 cm³/mol. The fourth-order valence-corrected chi connectivity index (χ4v) is 3.44. The van der Waals surface area contributed by atoms with Crippen LogP contribution in [0.4, 0.5) is 11.4 Å². The molecule has 9 heteroatoms. The van der Waals surface area contributed by atoms with Crippen molar-refractivity contribution in [1.29, 1.82) is 0 Å². The van der Waals surface area contributed by atoms with Crippen LogP contribution in [0.5, 0.6) is 11.5 Å². The summed E-state index contributed by atoms with van der Waals surface area (Å²) < 4.78 is 37.7. The van der Waals surface area contributed by atoms with Crippen molar-refractivity contribution in [1.82, 2.24) is 0 Å². The number of amides is 1. The molecule has 2 rings (SSSR count). The van der Waals surface area contributed by atoms with Crippen molar-refractivity contribution in [2.75, 3.05) is 24.3 Å². The van der Waals surface area contributed by atoms with Gasteiger partial charge in [-0.2, -0.15) is 0 Å². The number of nitrogens with one attached hydrogen (secondary N) is 2. The third-order valence-corrected chi connectivity index (χ3v) is 4.87. The average molecular weight is 385 g/mol. The maximum atomic E-state index is 12.5. The number of hydrogen-bond acceptors (Lipinski definition) is 5. The summed E-state index contributed by atoms with van der Waals surface area (Å²) in [7, 11) is -1.01. The third kappa shape index (κ3) is 4.55. The number of sulfonamides is 1. The summed E-state index contributed by atoms with van der Waals surface area (Å²) in [4.78, 5) is 11.0. The molecule has 2 aromatic carbocycles. The molecule has 0 aromatic heterocycles. The molecule has 0 fully saturated rings. The van der Waals surface area contributed by atoms with E-state index in [4.69, 9.17) is 21.1 Å². The Labute approximate surface area is 151 Å². The summed E-state index contributed by atoms with van der Waals surface area (Å²) in [5.74, 6) is 0.450. The number of hydrogen-bond donors (Lipinski definition) is 2. The molecule has 1 amide bonds. The van der Waals surface area contributed by atoms with Crippen LogP contribution in [0.15, 0.2) is 41.3 Å². The van der Waals surface area contributed by atoms with E-state index in [2.05, 4.69) is 10.0 Å². The Morgan fingerprint density at radius 2 is 1.72 bits per heavy atom. The summed E-state index contributed by atoms with van der Waals surface area (Å²) in [5, 5.41) is 2.71. The lowest BCUT2D eigenvalue weighted by Crippen LogP contribution is -2.14. The first-order valence-corrected chi connectivity index (χ1v) is 8.95. The van der Waals surface area contributed by atoms with Crippen LogP contribution in [0.25, 0.3) is 0 Å². The average Bonchev–Trinajstić information content (AvgIpc) is 2.56. The van der Waals surface area contributed by atoms with Gasteiger partial charge in [-0.3, -0.25) is 9.52 Å².